The summed E-state index contributed by atoms with van der Waals surface area (Å²) in [6.07, 6.45) is 1.16. The Bertz CT molecular complexity index is 929. The molecular formula is C14H10Cl2N2O2S. The number of rotatable bonds is 2. The van der Waals surface area contributed by atoms with Gasteiger partial charge in [-0.25, -0.2) is 13.4 Å². The fourth-order valence-electron chi connectivity index (χ4n) is 2.13. The summed E-state index contributed by atoms with van der Waals surface area (Å²) in [7, 11) is -3.35. The van der Waals surface area contributed by atoms with Gasteiger partial charge in [-0.05, 0) is 30.3 Å². The highest BCUT2D eigenvalue weighted by molar-refractivity contribution is 7.91. The number of sulfone groups is 1. The van der Waals surface area contributed by atoms with E-state index in [0.717, 1.165) is 6.26 Å². The summed E-state index contributed by atoms with van der Waals surface area (Å²) < 4.78 is 23.6. The molecule has 0 unspecified atom stereocenters. The van der Waals surface area contributed by atoms with Gasteiger partial charge in [0, 0.05) is 21.9 Å². The Morgan fingerprint density at radius 2 is 1.76 bits per heavy atom. The molecule has 7 heteroatoms. The Morgan fingerprint density at radius 3 is 2.38 bits per heavy atom. The maximum absolute atomic E-state index is 11.8. The summed E-state index contributed by atoms with van der Waals surface area (Å²) in [4.78, 5) is 7.66. The third kappa shape index (κ3) is 2.77. The highest BCUT2D eigenvalue weighted by Gasteiger charge is 2.16. The van der Waals surface area contributed by atoms with Crippen molar-refractivity contribution in [3.8, 4) is 11.4 Å². The highest BCUT2D eigenvalue weighted by Crippen LogP contribution is 2.29. The van der Waals surface area contributed by atoms with Gasteiger partial charge in [-0.15, -0.1) is 0 Å². The van der Waals surface area contributed by atoms with Crippen molar-refractivity contribution in [3.05, 3.63) is 46.4 Å². The van der Waals surface area contributed by atoms with Gasteiger partial charge in [-0.2, -0.15) is 0 Å². The first kappa shape index (κ1) is 14.4. The van der Waals surface area contributed by atoms with Gasteiger partial charge in [0.2, 0.25) is 0 Å². The van der Waals surface area contributed by atoms with Crippen LogP contribution in [0, 0.1) is 0 Å². The topological polar surface area (TPSA) is 62.8 Å². The number of nitrogens with one attached hydrogen (secondary N) is 1. The smallest absolute Gasteiger partial charge is 0.177 e. The molecule has 0 aliphatic rings. The lowest BCUT2D eigenvalue weighted by Crippen LogP contribution is -1.97. The molecule has 2 aromatic carbocycles. The largest absolute Gasteiger partial charge is 0.338 e. The second-order valence-corrected chi connectivity index (χ2v) is 7.53. The number of para-hydroxylation sites is 1. The predicted molar refractivity (Wildman–Crippen MR) is 84.7 cm³/mol. The molecule has 0 aliphatic heterocycles. The van der Waals surface area contributed by atoms with Crippen molar-refractivity contribution in [2.75, 3.05) is 6.26 Å². The van der Waals surface area contributed by atoms with E-state index >= 15 is 0 Å². The second kappa shape index (κ2) is 5.02. The van der Waals surface area contributed by atoms with Gasteiger partial charge in [-0.1, -0.05) is 29.3 Å². The molecule has 0 saturated carbocycles. The van der Waals surface area contributed by atoms with Crippen LogP contribution < -0.4 is 0 Å². The first-order valence-corrected chi connectivity index (χ1v) is 8.64. The second-order valence-electron chi connectivity index (χ2n) is 4.67. The Kier molecular flexibility index (Phi) is 3.43. The summed E-state index contributed by atoms with van der Waals surface area (Å²) >= 11 is 12.0. The molecule has 3 rings (SSSR count). The van der Waals surface area contributed by atoms with Crippen LogP contribution in [0.15, 0.2) is 41.3 Å². The fraction of sp³-hybridized carbons (Fsp3) is 0.0714. The zero-order valence-corrected chi connectivity index (χ0v) is 13.2. The van der Waals surface area contributed by atoms with Gasteiger partial charge in [0.15, 0.2) is 9.84 Å². The summed E-state index contributed by atoms with van der Waals surface area (Å²) in [6.45, 7) is 0. The van der Waals surface area contributed by atoms with Crippen LogP contribution in [0.4, 0.5) is 0 Å². The minimum absolute atomic E-state index is 0.190. The maximum Gasteiger partial charge on any atom is 0.177 e. The SMILES string of the molecule is CS(=O)(=O)c1cccc2[nH]c(-c3cc(Cl)cc(Cl)c3)nc12. The number of benzene rings is 2. The number of H-pyrrole nitrogens is 1. The van der Waals surface area contributed by atoms with Gasteiger partial charge < -0.3 is 4.98 Å². The first-order chi connectivity index (χ1) is 9.84. The van der Waals surface area contributed by atoms with Crippen LogP contribution in [-0.2, 0) is 9.84 Å². The van der Waals surface area contributed by atoms with Crippen molar-refractivity contribution in [2.24, 2.45) is 0 Å². The standard InChI is InChI=1S/C14H10Cl2N2O2S/c1-21(19,20)12-4-2-3-11-13(12)18-14(17-11)8-5-9(15)7-10(16)6-8/h2-7H,1H3,(H,17,18). The highest BCUT2D eigenvalue weighted by atomic mass is 35.5. The molecule has 0 fully saturated rings. The van der Waals surface area contributed by atoms with Crippen LogP contribution in [0.5, 0.6) is 0 Å². The number of hydrogen-bond donors (Lipinski definition) is 1. The zero-order valence-electron chi connectivity index (χ0n) is 10.9. The molecule has 3 aromatic rings. The molecule has 0 spiro atoms. The van der Waals surface area contributed by atoms with Crippen LogP contribution in [-0.4, -0.2) is 24.6 Å². The van der Waals surface area contributed by atoms with Crippen molar-refractivity contribution in [1.29, 1.82) is 0 Å². The van der Waals surface area contributed by atoms with Crippen LogP contribution >= 0.6 is 23.2 Å². The molecular weight excluding hydrogens is 331 g/mol. The number of fused-ring (bicyclic) bond motifs is 1. The molecule has 21 heavy (non-hydrogen) atoms. The lowest BCUT2D eigenvalue weighted by Gasteiger charge is -1.99. The van der Waals surface area contributed by atoms with Crippen molar-refractivity contribution >= 4 is 44.1 Å². The summed E-state index contributed by atoms with van der Waals surface area (Å²) in [5, 5.41) is 0.975. The average Bonchev–Trinajstić information content (AvgIpc) is 2.79. The first-order valence-electron chi connectivity index (χ1n) is 6.00. The van der Waals surface area contributed by atoms with Crippen LogP contribution in [0.3, 0.4) is 0 Å². The number of nitrogens with zero attached hydrogens (tertiary/aromatic N) is 1. The van der Waals surface area contributed by atoms with Gasteiger partial charge in [0.25, 0.3) is 0 Å². The fourth-order valence-corrected chi connectivity index (χ4v) is 3.49. The molecule has 4 nitrogen and oxygen atoms in total. The molecule has 1 aromatic heterocycles. The van der Waals surface area contributed by atoms with Gasteiger partial charge >= 0.3 is 0 Å². The van der Waals surface area contributed by atoms with Crippen molar-refractivity contribution in [3.63, 3.8) is 0 Å². The predicted octanol–water partition coefficient (Wildman–Crippen LogP) is 3.94. The minimum Gasteiger partial charge on any atom is -0.338 e. The third-order valence-electron chi connectivity index (χ3n) is 3.01. The van der Waals surface area contributed by atoms with Gasteiger partial charge in [0.05, 0.1) is 10.4 Å². The van der Waals surface area contributed by atoms with Crippen molar-refractivity contribution in [2.45, 2.75) is 4.90 Å². The van der Waals surface area contributed by atoms with E-state index in [1.165, 1.54) is 6.07 Å². The molecule has 0 saturated heterocycles. The van der Waals surface area contributed by atoms with Crippen molar-refractivity contribution in [1.82, 2.24) is 9.97 Å². The van der Waals surface area contributed by atoms with E-state index in [0.29, 0.717) is 32.5 Å². The number of aromatic amines is 1. The monoisotopic (exact) mass is 340 g/mol. The van der Waals surface area contributed by atoms with Crippen molar-refractivity contribution < 1.29 is 8.42 Å². The molecule has 0 bridgehead atoms. The molecule has 0 atom stereocenters. The van der Waals surface area contributed by atoms with E-state index in [-0.39, 0.29) is 4.90 Å². The Labute approximate surface area is 131 Å². The van der Waals surface area contributed by atoms with E-state index in [1.807, 2.05) is 0 Å². The Balaban J connectivity index is 2.27. The molecule has 0 radical (unpaired) electrons. The normalized spacial score (nSPS) is 12.0. The molecule has 108 valence electrons. The van der Waals surface area contributed by atoms with Crippen LogP contribution in [0.1, 0.15) is 0 Å². The average molecular weight is 341 g/mol. The molecule has 0 amide bonds. The minimum atomic E-state index is -3.35. The Hall–Kier alpha value is -1.56. The van der Waals surface area contributed by atoms with E-state index in [4.69, 9.17) is 23.2 Å². The van der Waals surface area contributed by atoms with E-state index in [2.05, 4.69) is 9.97 Å². The maximum atomic E-state index is 11.8. The van der Waals surface area contributed by atoms with Crippen LogP contribution in [0.25, 0.3) is 22.4 Å². The number of imidazole rings is 1. The van der Waals surface area contributed by atoms with Crippen LogP contribution in [0.2, 0.25) is 10.0 Å². The van der Waals surface area contributed by atoms with E-state index in [1.54, 1.807) is 30.3 Å². The number of aromatic nitrogens is 2. The lowest BCUT2D eigenvalue weighted by molar-refractivity contribution is 0.602. The van der Waals surface area contributed by atoms with Gasteiger partial charge in [-0.3, -0.25) is 0 Å². The zero-order chi connectivity index (χ0) is 15.2. The lowest BCUT2D eigenvalue weighted by atomic mass is 10.2. The third-order valence-corrected chi connectivity index (χ3v) is 4.58. The van der Waals surface area contributed by atoms with Gasteiger partial charge in [0.1, 0.15) is 11.3 Å². The molecule has 0 aliphatic carbocycles. The summed E-state index contributed by atoms with van der Waals surface area (Å²) in [5.74, 6) is 0.519. The molecule has 1 N–H and O–H groups in total. The quantitative estimate of drug-likeness (QED) is 0.768. The summed E-state index contributed by atoms with van der Waals surface area (Å²) in [5.41, 5.74) is 1.75. The van der Waals surface area contributed by atoms with E-state index < -0.39 is 9.84 Å². The summed E-state index contributed by atoms with van der Waals surface area (Å²) in [6, 6.07) is 10.0. The Morgan fingerprint density at radius 1 is 1.10 bits per heavy atom. The van der Waals surface area contributed by atoms with E-state index in [9.17, 15) is 8.42 Å². The number of halogens is 2. The molecule has 1 heterocycles. The number of hydrogen-bond acceptors (Lipinski definition) is 3.